The van der Waals surface area contributed by atoms with Crippen molar-refractivity contribution in [2.45, 2.75) is 18.9 Å². The number of imidazole rings is 1. The lowest BCUT2D eigenvalue weighted by molar-refractivity contribution is 0.511. The fourth-order valence-corrected chi connectivity index (χ4v) is 2.18. The molecule has 0 saturated heterocycles. The molecule has 15 heavy (non-hydrogen) atoms. The van der Waals surface area contributed by atoms with E-state index < -0.39 is 11.6 Å². The molecule has 0 atom stereocenters. The summed E-state index contributed by atoms with van der Waals surface area (Å²) in [4.78, 5) is 2.89. The first-order chi connectivity index (χ1) is 7.18. The monoisotopic (exact) mass is 226 g/mol. The number of aromatic nitrogens is 2. The van der Waals surface area contributed by atoms with Crippen LogP contribution in [0.3, 0.4) is 0 Å². The molecule has 0 bridgehead atoms. The van der Waals surface area contributed by atoms with E-state index in [1.807, 2.05) is 0 Å². The van der Waals surface area contributed by atoms with Gasteiger partial charge in [0.15, 0.2) is 16.4 Å². The molecule has 1 heterocycles. The number of nitrogens with one attached hydrogen (secondary N) is 1. The Balaban J connectivity index is 2.46. The molecule has 78 valence electrons. The van der Waals surface area contributed by atoms with Crippen LogP contribution in [0.5, 0.6) is 0 Å². The zero-order chi connectivity index (χ0) is 10.6. The van der Waals surface area contributed by atoms with Crippen LogP contribution in [0, 0.1) is 16.4 Å². The number of fused-ring (bicyclic) bond motifs is 1. The summed E-state index contributed by atoms with van der Waals surface area (Å²) in [7, 11) is 0. The Morgan fingerprint density at radius 2 is 2.07 bits per heavy atom. The quantitative estimate of drug-likeness (QED) is 0.740. The van der Waals surface area contributed by atoms with Gasteiger partial charge >= 0.3 is 0 Å². The van der Waals surface area contributed by atoms with E-state index in [4.69, 9.17) is 12.2 Å². The SMILES string of the molecule is Fc1ccc2[nH]c(=S)n(C3CC3)c2c1F. The van der Waals surface area contributed by atoms with Gasteiger partial charge in [-0.05, 0) is 37.2 Å². The fourth-order valence-electron chi connectivity index (χ4n) is 1.83. The minimum Gasteiger partial charge on any atom is -0.330 e. The molecule has 1 aromatic heterocycles. The average molecular weight is 226 g/mol. The first-order valence-electron chi connectivity index (χ1n) is 4.76. The van der Waals surface area contributed by atoms with Crippen LogP contribution in [0.4, 0.5) is 8.78 Å². The Morgan fingerprint density at radius 1 is 1.33 bits per heavy atom. The van der Waals surface area contributed by atoms with Gasteiger partial charge in [-0.25, -0.2) is 8.78 Å². The molecular weight excluding hydrogens is 218 g/mol. The summed E-state index contributed by atoms with van der Waals surface area (Å²) in [6, 6.07) is 2.87. The first kappa shape index (κ1) is 9.03. The Morgan fingerprint density at radius 3 is 2.73 bits per heavy atom. The molecule has 1 aliphatic carbocycles. The number of nitrogens with zero attached hydrogens (tertiary/aromatic N) is 1. The summed E-state index contributed by atoms with van der Waals surface area (Å²) in [5, 5.41) is 0. The second kappa shape index (κ2) is 2.88. The van der Waals surface area contributed by atoms with E-state index in [0.717, 1.165) is 18.9 Å². The molecule has 1 N–H and O–H groups in total. The summed E-state index contributed by atoms with van der Waals surface area (Å²) in [5.41, 5.74) is 0.827. The van der Waals surface area contributed by atoms with Gasteiger partial charge in [-0.2, -0.15) is 0 Å². The van der Waals surface area contributed by atoms with E-state index in [2.05, 4.69) is 4.98 Å². The van der Waals surface area contributed by atoms with Crippen molar-refractivity contribution < 1.29 is 8.78 Å². The van der Waals surface area contributed by atoms with E-state index >= 15 is 0 Å². The van der Waals surface area contributed by atoms with Crippen molar-refractivity contribution in [3.05, 3.63) is 28.5 Å². The van der Waals surface area contributed by atoms with Crippen molar-refractivity contribution in [3.63, 3.8) is 0 Å². The Kier molecular flexibility index (Phi) is 1.74. The van der Waals surface area contributed by atoms with Crippen LogP contribution in [0.2, 0.25) is 0 Å². The second-order valence-electron chi connectivity index (χ2n) is 3.79. The van der Waals surface area contributed by atoms with Crippen molar-refractivity contribution >= 4 is 23.3 Å². The maximum atomic E-state index is 13.6. The van der Waals surface area contributed by atoms with E-state index in [-0.39, 0.29) is 11.6 Å². The predicted molar refractivity (Wildman–Crippen MR) is 55.3 cm³/mol. The van der Waals surface area contributed by atoms with E-state index in [1.165, 1.54) is 6.07 Å². The third kappa shape index (κ3) is 1.23. The molecular formula is C10H8F2N2S. The molecule has 5 heteroatoms. The number of halogens is 2. The van der Waals surface area contributed by atoms with Crippen molar-refractivity contribution in [1.29, 1.82) is 0 Å². The van der Waals surface area contributed by atoms with Crippen LogP contribution in [-0.4, -0.2) is 9.55 Å². The Bertz CT molecular complexity index is 595. The molecule has 0 radical (unpaired) electrons. The molecule has 1 aromatic carbocycles. The van der Waals surface area contributed by atoms with Gasteiger partial charge in [0.2, 0.25) is 0 Å². The van der Waals surface area contributed by atoms with Gasteiger partial charge in [0, 0.05) is 6.04 Å². The zero-order valence-corrected chi connectivity index (χ0v) is 8.57. The topological polar surface area (TPSA) is 20.7 Å². The van der Waals surface area contributed by atoms with Crippen LogP contribution >= 0.6 is 12.2 Å². The molecule has 1 fully saturated rings. The lowest BCUT2D eigenvalue weighted by atomic mass is 10.3. The highest BCUT2D eigenvalue weighted by Crippen LogP contribution is 2.38. The summed E-state index contributed by atoms with van der Waals surface area (Å²) in [5.74, 6) is -1.64. The molecule has 0 spiro atoms. The maximum Gasteiger partial charge on any atom is 0.184 e. The van der Waals surface area contributed by atoms with Crippen molar-refractivity contribution in [2.75, 3.05) is 0 Å². The lowest BCUT2D eigenvalue weighted by Gasteiger charge is -2.02. The molecule has 1 saturated carbocycles. The largest absolute Gasteiger partial charge is 0.330 e. The van der Waals surface area contributed by atoms with Crippen molar-refractivity contribution in [1.82, 2.24) is 9.55 Å². The fraction of sp³-hybridized carbons (Fsp3) is 0.300. The number of rotatable bonds is 1. The second-order valence-corrected chi connectivity index (χ2v) is 4.18. The molecule has 0 aliphatic heterocycles. The summed E-state index contributed by atoms with van der Waals surface area (Å²) >= 11 is 5.09. The highest BCUT2D eigenvalue weighted by Gasteiger charge is 2.27. The average Bonchev–Trinajstić information content (AvgIpc) is 2.97. The number of benzene rings is 1. The molecule has 1 aliphatic rings. The zero-order valence-electron chi connectivity index (χ0n) is 7.76. The molecule has 0 unspecified atom stereocenters. The summed E-state index contributed by atoms with van der Waals surface area (Å²) in [6.07, 6.45) is 1.97. The van der Waals surface area contributed by atoms with Gasteiger partial charge in [-0.3, -0.25) is 0 Å². The minimum atomic E-state index is -0.828. The van der Waals surface area contributed by atoms with Crippen LogP contribution in [0.1, 0.15) is 18.9 Å². The maximum absolute atomic E-state index is 13.6. The lowest BCUT2D eigenvalue weighted by Crippen LogP contribution is -1.96. The van der Waals surface area contributed by atoms with Gasteiger partial charge < -0.3 is 9.55 Å². The van der Waals surface area contributed by atoms with Crippen LogP contribution in [0.25, 0.3) is 11.0 Å². The number of hydrogen-bond acceptors (Lipinski definition) is 1. The first-order valence-corrected chi connectivity index (χ1v) is 5.17. The van der Waals surface area contributed by atoms with E-state index in [1.54, 1.807) is 4.57 Å². The van der Waals surface area contributed by atoms with Crippen molar-refractivity contribution in [2.24, 2.45) is 0 Å². The minimum absolute atomic E-state index is 0.238. The summed E-state index contributed by atoms with van der Waals surface area (Å²) < 4.78 is 28.8. The van der Waals surface area contributed by atoms with E-state index in [9.17, 15) is 8.78 Å². The number of aromatic amines is 1. The number of H-pyrrole nitrogens is 1. The molecule has 3 rings (SSSR count). The van der Waals surface area contributed by atoms with Crippen LogP contribution < -0.4 is 0 Å². The highest BCUT2D eigenvalue weighted by atomic mass is 32.1. The Hall–Kier alpha value is -1.23. The third-order valence-electron chi connectivity index (χ3n) is 2.68. The normalized spacial score (nSPS) is 16.1. The third-order valence-corrected chi connectivity index (χ3v) is 2.98. The molecule has 2 aromatic rings. The predicted octanol–water partition coefficient (Wildman–Crippen LogP) is 3.31. The molecule has 2 nitrogen and oxygen atoms in total. The highest BCUT2D eigenvalue weighted by molar-refractivity contribution is 7.71. The molecule has 0 amide bonds. The smallest absolute Gasteiger partial charge is 0.184 e. The number of hydrogen-bond donors (Lipinski definition) is 1. The summed E-state index contributed by atoms with van der Waals surface area (Å²) in [6.45, 7) is 0. The van der Waals surface area contributed by atoms with Crippen molar-refractivity contribution in [3.8, 4) is 0 Å². The van der Waals surface area contributed by atoms with Gasteiger partial charge in [0.1, 0.15) is 5.52 Å². The van der Waals surface area contributed by atoms with Gasteiger partial charge in [0.25, 0.3) is 0 Å². The van der Waals surface area contributed by atoms with Crippen LogP contribution in [-0.2, 0) is 0 Å². The Labute approximate surface area is 89.5 Å². The standard InChI is InChI=1S/C10H8F2N2S/c11-6-3-4-7-9(8(6)12)14(5-1-2-5)10(15)13-7/h3-5H,1-2H2,(H,13,15). The van der Waals surface area contributed by atoms with Gasteiger partial charge in [-0.1, -0.05) is 0 Å². The van der Waals surface area contributed by atoms with Crippen LogP contribution in [0.15, 0.2) is 12.1 Å². The van der Waals surface area contributed by atoms with Gasteiger partial charge in [0.05, 0.1) is 5.52 Å². The van der Waals surface area contributed by atoms with E-state index in [0.29, 0.717) is 10.3 Å². The van der Waals surface area contributed by atoms with Gasteiger partial charge in [-0.15, -0.1) is 0 Å².